The van der Waals surface area contributed by atoms with Crippen molar-refractivity contribution in [2.75, 3.05) is 5.32 Å². The lowest BCUT2D eigenvalue weighted by Crippen LogP contribution is -1.95. The van der Waals surface area contributed by atoms with E-state index in [4.69, 9.17) is 22.1 Å². The van der Waals surface area contributed by atoms with Crippen LogP contribution in [0.2, 0.25) is 5.15 Å². The first kappa shape index (κ1) is 12.9. The van der Waals surface area contributed by atoms with E-state index in [0.29, 0.717) is 17.8 Å². The molecular formula is C14H9ClN4. The molecule has 0 spiro atoms. The Morgan fingerprint density at radius 3 is 2.53 bits per heavy atom. The quantitative estimate of drug-likeness (QED) is 0.866. The van der Waals surface area contributed by atoms with Gasteiger partial charge in [0.2, 0.25) is 0 Å². The molecule has 0 aliphatic rings. The molecule has 92 valence electrons. The normalized spacial score (nSPS) is 9.42. The summed E-state index contributed by atoms with van der Waals surface area (Å²) in [6.45, 7) is 0. The zero-order valence-corrected chi connectivity index (χ0v) is 10.6. The second-order valence-electron chi connectivity index (χ2n) is 3.83. The number of nitrogens with one attached hydrogen (secondary N) is 1. The number of hydrogen-bond acceptors (Lipinski definition) is 4. The molecule has 5 heteroatoms. The van der Waals surface area contributed by atoms with E-state index in [1.807, 2.05) is 30.3 Å². The number of nitriles is 2. The van der Waals surface area contributed by atoms with Gasteiger partial charge in [-0.15, -0.1) is 0 Å². The van der Waals surface area contributed by atoms with Crippen LogP contribution in [0.5, 0.6) is 0 Å². The molecule has 2 aromatic rings. The van der Waals surface area contributed by atoms with Crippen LogP contribution in [0.25, 0.3) is 0 Å². The molecule has 0 radical (unpaired) electrons. The van der Waals surface area contributed by atoms with Crippen LogP contribution >= 0.6 is 11.6 Å². The number of nitrogens with zero attached hydrogens (tertiary/aromatic N) is 3. The summed E-state index contributed by atoms with van der Waals surface area (Å²) < 4.78 is 0. The Balaban J connectivity index is 2.19. The Morgan fingerprint density at radius 1 is 1.16 bits per heavy atom. The van der Waals surface area contributed by atoms with Crippen molar-refractivity contribution >= 4 is 23.1 Å². The molecular weight excluding hydrogens is 260 g/mol. The highest BCUT2D eigenvalue weighted by atomic mass is 35.5. The Labute approximate surface area is 115 Å². The zero-order chi connectivity index (χ0) is 13.7. The van der Waals surface area contributed by atoms with Gasteiger partial charge in [-0.1, -0.05) is 23.7 Å². The molecule has 1 aromatic carbocycles. The summed E-state index contributed by atoms with van der Waals surface area (Å²) in [5.41, 5.74) is 2.22. The van der Waals surface area contributed by atoms with E-state index in [0.717, 1.165) is 11.3 Å². The van der Waals surface area contributed by atoms with Gasteiger partial charge in [-0.05, 0) is 29.8 Å². The number of pyridine rings is 1. The molecule has 0 saturated carbocycles. The highest BCUT2D eigenvalue weighted by Gasteiger charge is 2.02. The van der Waals surface area contributed by atoms with Crippen LogP contribution in [0.4, 0.5) is 11.5 Å². The van der Waals surface area contributed by atoms with E-state index in [2.05, 4.69) is 16.4 Å². The van der Waals surface area contributed by atoms with Gasteiger partial charge in [-0.2, -0.15) is 10.5 Å². The first-order chi connectivity index (χ1) is 9.21. The minimum absolute atomic E-state index is 0.266. The molecule has 19 heavy (non-hydrogen) atoms. The fourth-order valence-corrected chi connectivity index (χ4v) is 1.78. The SMILES string of the molecule is N#CCc1ccc(Nc2cc(C#N)cc(Cl)n2)cc1. The number of aromatic nitrogens is 1. The van der Waals surface area contributed by atoms with E-state index in [-0.39, 0.29) is 5.15 Å². The van der Waals surface area contributed by atoms with E-state index in [1.165, 1.54) is 6.07 Å². The number of benzene rings is 1. The van der Waals surface area contributed by atoms with Crippen molar-refractivity contribution in [1.82, 2.24) is 4.98 Å². The van der Waals surface area contributed by atoms with Gasteiger partial charge in [0, 0.05) is 5.69 Å². The molecule has 0 aliphatic carbocycles. The van der Waals surface area contributed by atoms with Crippen molar-refractivity contribution in [3.05, 3.63) is 52.7 Å². The maximum atomic E-state index is 8.85. The van der Waals surface area contributed by atoms with Crippen molar-refractivity contribution in [2.24, 2.45) is 0 Å². The number of anilines is 2. The smallest absolute Gasteiger partial charge is 0.133 e. The maximum Gasteiger partial charge on any atom is 0.133 e. The molecule has 0 bridgehead atoms. The molecule has 2 rings (SSSR count). The number of halogens is 1. The second kappa shape index (κ2) is 5.86. The van der Waals surface area contributed by atoms with Gasteiger partial charge in [0.05, 0.1) is 24.1 Å². The zero-order valence-electron chi connectivity index (χ0n) is 9.89. The minimum Gasteiger partial charge on any atom is -0.340 e. The molecule has 0 unspecified atom stereocenters. The first-order valence-electron chi connectivity index (χ1n) is 5.52. The van der Waals surface area contributed by atoms with E-state index in [1.54, 1.807) is 6.07 Å². The lowest BCUT2D eigenvalue weighted by atomic mass is 10.1. The summed E-state index contributed by atoms with van der Waals surface area (Å²) in [5.74, 6) is 0.511. The molecule has 0 fully saturated rings. The van der Waals surface area contributed by atoms with E-state index >= 15 is 0 Å². The summed E-state index contributed by atoms with van der Waals surface area (Å²) in [6, 6.07) is 14.7. The molecule has 0 saturated heterocycles. The fraction of sp³-hybridized carbons (Fsp3) is 0.0714. The molecule has 1 aromatic heterocycles. The van der Waals surface area contributed by atoms with Crippen LogP contribution in [-0.4, -0.2) is 4.98 Å². The largest absolute Gasteiger partial charge is 0.340 e. The van der Waals surface area contributed by atoms with Crippen molar-refractivity contribution in [1.29, 1.82) is 10.5 Å². The summed E-state index contributed by atoms with van der Waals surface area (Å²) >= 11 is 5.82. The third-order valence-corrected chi connectivity index (χ3v) is 2.63. The van der Waals surface area contributed by atoms with E-state index < -0.39 is 0 Å². The average Bonchev–Trinajstić information content (AvgIpc) is 2.40. The summed E-state index contributed by atoms with van der Waals surface area (Å²) in [5, 5.41) is 20.8. The fourth-order valence-electron chi connectivity index (χ4n) is 1.57. The molecule has 0 amide bonds. The maximum absolute atomic E-state index is 8.85. The Hall–Kier alpha value is -2.56. The summed E-state index contributed by atoms with van der Waals surface area (Å²) in [7, 11) is 0. The summed E-state index contributed by atoms with van der Waals surface area (Å²) in [6.07, 6.45) is 0.383. The van der Waals surface area contributed by atoms with Gasteiger partial charge in [0.25, 0.3) is 0 Å². The molecule has 0 aliphatic heterocycles. The van der Waals surface area contributed by atoms with Gasteiger partial charge >= 0.3 is 0 Å². The van der Waals surface area contributed by atoms with Gasteiger partial charge in [0.15, 0.2) is 0 Å². The van der Waals surface area contributed by atoms with Gasteiger partial charge in [0.1, 0.15) is 11.0 Å². The highest BCUT2D eigenvalue weighted by molar-refractivity contribution is 6.29. The topological polar surface area (TPSA) is 72.5 Å². The van der Waals surface area contributed by atoms with Crippen LogP contribution in [0.1, 0.15) is 11.1 Å². The standard InChI is InChI=1S/C14H9ClN4/c15-13-7-11(9-17)8-14(19-13)18-12-3-1-10(2-4-12)5-6-16/h1-4,7-8H,5H2,(H,18,19). The molecule has 0 atom stereocenters. The predicted molar refractivity (Wildman–Crippen MR) is 73.0 cm³/mol. The molecule has 4 nitrogen and oxygen atoms in total. The summed E-state index contributed by atoms with van der Waals surface area (Å²) in [4.78, 5) is 4.09. The molecule has 1 heterocycles. The van der Waals surface area contributed by atoms with Gasteiger partial charge in [-0.3, -0.25) is 0 Å². The second-order valence-corrected chi connectivity index (χ2v) is 4.22. The lowest BCUT2D eigenvalue weighted by molar-refractivity contribution is 1.26. The molecule has 1 N–H and O–H groups in total. The Bertz CT molecular complexity index is 665. The van der Waals surface area contributed by atoms with Crippen LogP contribution in [0.15, 0.2) is 36.4 Å². The van der Waals surface area contributed by atoms with Gasteiger partial charge < -0.3 is 5.32 Å². The van der Waals surface area contributed by atoms with Crippen LogP contribution in [-0.2, 0) is 6.42 Å². The van der Waals surface area contributed by atoms with Crippen LogP contribution in [0.3, 0.4) is 0 Å². The average molecular weight is 269 g/mol. The lowest BCUT2D eigenvalue weighted by Gasteiger charge is -2.06. The number of hydrogen-bond donors (Lipinski definition) is 1. The van der Waals surface area contributed by atoms with Crippen molar-refractivity contribution in [3.63, 3.8) is 0 Å². The van der Waals surface area contributed by atoms with Crippen LogP contribution < -0.4 is 5.32 Å². The van der Waals surface area contributed by atoms with Crippen molar-refractivity contribution in [2.45, 2.75) is 6.42 Å². The predicted octanol–water partition coefficient (Wildman–Crippen LogP) is 3.42. The Kier molecular flexibility index (Phi) is 3.97. The third kappa shape index (κ3) is 3.45. The van der Waals surface area contributed by atoms with Gasteiger partial charge in [-0.25, -0.2) is 4.98 Å². The van der Waals surface area contributed by atoms with Crippen LogP contribution in [0, 0.1) is 22.7 Å². The highest BCUT2D eigenvalue weighted by Crippen LogP contribution is 2.19. The third-order valence-electron chi connectivity index (χ3n) is 2.43. The van der Waals surface area contributed by atoms with Crippen molar-refractivity contribution < 1.29 is 0 Å². The monoisotopic (exact) mass is 268 g/mol. The minimum atomic E-state index is 0.266. The number of rotatable bonds is 3. The van der Waals surface area contributed by atoms with Crippen molar-refractivity contribution in [3.8, 4) is 12.1 Å². The first-order valence-corrected chi connectivity index (χ1v) is 5.89. The Morgan fingerprint density at radius 2 is 1.89 bits per heavy atom. The van der Waals surface area contributed by atoms with E-state index in [9.17, 15) is 0 Å².